The SMILES string of the molecule is CCOc1ccc(NC(=O)CNc2cc(C(=O)OC)cc(C(=O)OC)c2)cc1OCC. The summed E-state index contributed by atoms with van der Waals surface area (Å²) < 4.78 is 20.5. The molecular weight excluding hydrogens is 404 g/mol. The van der Waals surface area contributed by atoms with E-state index in [0.29, 0.717) is 36.1 Å². The van der Waals surface area contributed by atoms with Gasteiger partial charge in [-0.05, 0) is 44.2 Å². The lowest BCUT2D eigenvalue weighted by molar-refractivity contribution is -0.114. The van der Waals surface area contributed by atoms with E-state index >= 15 is 0 Å². The van der Waals surface area contributed by atoms with Gasteiger partial charge >= 0.3 is 11.9 Å². The molecule has 9 heteroatoms. The van der Waals surface area contributed by atoms with Crippen LogP contribution in [-0.2, 0) is 14.3 Å². The summed E-state index contributed by atoms with van der Waals surface area (Å²) in [4.78, 5) is 36.1. The van der Waals surface area contributed by atoms with Crippen LogP contribution in [0.15, 0.2) is 36.4 Å². The second-order valence-corrected chi connectivity index (χ2v) is 6.21. The molecule has 0 aliphatic carbocycles. The third-order valence-electron chi connectivity index (χ3n) is 4.06. The van der Waals surface area contributed by atoms with Crippen LogP contribution in [0.25, 0.3) is 0 Å². The number of amides is 1. The summed E-state index contributed by atoms with van der Waals surface area (Å²) in [6.45, 7) is 4.57. The molecule has 0 atom stereocenters. The van der Waals surface area contributed by atoms with Crippen molar-refractivity contribution in [3.8, 4) is 11.5 Å². The molecule has 0 unspecified atom stereocenters. The maximum absolute atomic E-state index is 12.4. The Morgan fingerprint density at radius 2 is 1.35 bits per heavy atom. The minimum Gasteiger partial charge on any atom is -0.490 e. The first-order valence-corrected chi connectivity index (χ1v) is 9.66. The topological polar surface area (TPSA) is 112 Å². The molecule has 0 heterocycles. The van der Waals surface area contributed by atoms with Crippen LogP contribution >= 0.6 is 0 Å². The van der Waals surface area contributed by atoms with E-state index in [1.54, 1.807) is 18.2 Å². The molecule has 2 aromatic rings. The van der Waals surface area contributed by atoms with Crippen LogP contribution in [0.2, 0.25) is 0 Å². The number of benzene rings is 2. The molecule has 2 aromatic carbocycles. The van der Waals surface area contributed by atoms with Crippen molar-refractivity contribution in [3.05, 3.63) is 47.5 Å². The van der Waals surface area contributed by atoms with Crippen molar-refractivity contribution < 1.29 is 33.3 Å². The molecule has 0 saturated carbocycles. The second-order valence-electron chi connectivity index (χ2n) is 6.21. The van der Waals surface area contributed by atoms with E-state index < -0.39 is 11.9 Å². The van der Waals surface area contributed by atoms with E-state index in [0.717, 1.165) is 0 Å². The van der Waals surface area contributed by atoms with Gasteiger partial charge in [0.25, 0.3) is 0 Å². The highest BCUT2D eigenvalue weighted by Crippen LogP contribution is 2.30. The molecule has 0 radical (unpaired) electrons. The molecule has 166 valence electrons. The number of hydrogen-bond donors (Lipinski definition) is 2. The Labute approximate surface area is 180 Å². The quantitative estimate of drug-likeness (QED) is 0.553. The van der Waals surface area contributed by atoms with Crippen molar-refractivity contribution >= 4 is 29.2 Å². The molecule has 0 saturated heterocycles. The monoisotopic (exact) mass is 430 g/mol. The summed E-state index contributed by atoms with van der Waals surface area (Å²) in [7, 11) is 2.47. The highest BCUT2D eigenvalue weighted by Gasteiger charge is 2.14. The van der Waals surface area contributed by atoms with Gasteiger partial charge in [0.1, 0.15) is 0 Å². The first-order valence-electron chi connectivity index (χ1n) is 9.66. The molecule has 0 spiro atoms. The number of carbonyl (C=O) groups excluding carboxylic acids is 3. The summed E-state index contributed by atoms with van der Waals surface area (Å²) in [5.41, 5.74) is 1.24. The Kier molecular flexibility index (Phi) is 8.68. The smallest absolute Gasteiger partial charge is 0.337 e. The Morgan fingerprint density at radius 3 is 1.90 bits per heavy atom. The van der Waals surface area contributed by atoms with Crippen molar-refractivity contribution in [2.75, 3.05) is 44.6 Å². The van der Waals surface area contributed by atoms with Crippen molar-refractivity contribution in [2.45, 2.75) is 13.8 Å². The first kappa shape index (κ1) is 23.5. The van der Waals surface area contributed by atoms with E-state index in [-0.39, 0.29) is 23.6 Å². The van der Waals surface area contributed by atoms with Gasteiger partial charge in [-0.2, -0.15) is 0 Å². The highest BCUT2D eigenvalue weighted by molar-refractivity contribution is 5.98. The van der Waals surface area contributed by atoms with Crippen LogP contribution in [0.3, 0.4) is 0 Å². The molecule has 2 N–H and O–H groups in total. The number of esters is 2. The van der Waals surface area contributed by atoms with Gasteiger partial charge in [0.05, 0.1) is 45.1 Å². The summed E-state index contributed by atoms with van der Waals surface area (Å²) in [6.07, 6.45) is 0. The average molecular weight is 430 g/mol. The van der Waals surface area contributed by atoms with Gasteiger partial charge in [0, 0.05) is 17.4 Å². The Hall–Kier alpha value is -3.75. The van der Waals surface area contributed by atoms with Gasteiger partial charge < -0.3 is 29.6 Å². The number of methoxy groups -OCH3 is 2. The van der Waals surface area contributed by atoms with Crippen LogP contribution in [-0.4, -0.2) is 51.8 Å². The van der Waals surface area contributed by atoms with E-state index in [2.05, 4.69) is 10.6 Å². The van der Waals surface area contributed by atoms with Crippen LogP contribution in [0.5, 0.6) is 11.5 Å². The van der Waals surface area contributed by atoms with Crippen LogP contribution in [0.1, 0.15) is 34.6 Å². The van der Waals surface area contributed by atoms with Crippen molar-refractivity contribution in [3.63, 3.8) is 0 Å². The van der Waals surface area contributed by atoms with Gasteiger partial charge in [-0.3, -0.25) is 4.79 Å². The molecular formula is C22H26N2O7. The molecule has 0 aliphatic heterocycles. The average Bonchev–Trinajstić information content (AvgIpc) is 2.78. The summed E-state index contributed by atoms with van der Waals surface area (Å²) in [5, 5.41) is 5.65. The maximum Gasteiger partial charge on any atom is 0.337 e. The van der Waals surface area contributed by atoms with Crippen molar-refractivity contribution in [2.24, 2.45) is 0 Å². The van der Waals surface area contributed by atoms with Crippen LogP contribution in [0, 0.1) is 0 Å². The van der Waals surface area contributed by atoms with E-state index in [4.69, 9.17) is 18.9 Å². The van der Waals surface area contributed by atoms with Crippen LogP contribution in [0.4, 0.5) is 11.4 Å². The third kappa shape index (κ3) is 6.63. The van der Waals surface area contributed by atoms with Crippen molar-refractivity contribution in [1.29, 1.82) is 0 Å². The number of nitrogens with one attached hydrogen (secondary N) is 2. The number of anilines is 2. The standard InChI is InChI=1S/C22H26N2O7/c1-5-30-18-8-7-16(12-19(18)31-6-2)24-20(25)13-23-17-10-14(21(26)28-3)9-15(11-17)22(27)29-4/h7-12,23H,5-6,13H2,1-4H3,(H,24,25). The highest BCUT2D eigenvalue weighted by atomic mass is 16.5. The molecule has 0 aliphatic rings. The minimum atomic E-state index is -0.615. The lowest BCUT2D eigenvalue weighted by atomic mass is 10.1. The number of rotatable bonds is 10. The number of hydrogen-bond acceptors (Lipinski definition) is 8. The minimum absolute atomic E-state index is 0.109. The Morgan fingerprint density at radius 1 is 0.774 bits per heavy atom. The lowest BCUT2D eigenvalue weighted by Gasteiger charge is -2.14. The van der Waals surface area contributed by atoms with Gasteiger partial charge in [-0.1, -0.05) is 0 Å². The molecule has 1 amide bonds. The van der Waals surface area contributed by atoms with Gasteiger partial charge in [0.2, 0.25) is 5.91 Å². The molecule has 9 nitrogen and oxygen atoms in total. The van der Waals surface area contributed by atoms with Gasteiger partial charge in [-0.15, -0.1) is 0 Å². The molecule has 2 rings (SSSR count). The fourth-order valence-corrected chi connectivity index (χ4v) is 2.72. The number of ether oxygens (including phenoxy) is 4. The summed E-state index contributed by atoms with van der Waals surface area (Å²) in [6, 6.07) is 9.43. The predicted molar refractivity (Wildman–Crippen MR) is 115 cm³/mol. The van der Waals surface area contributed by atoms with Crippen LogP contribution < -0.4 is 20.1 Å². The Bertz CT molecular complexity index is 909. The maximum atomic E-state index is 12.4. The normalized spacial score (nSPS) is 10.1. The van der Waals surface area contributed by atoms with Crippen molar-refractivity contribution in [1.82, 2.24) is 0 Å². The zero-order chi connectivity index (χ0) is 22.8. The Balaban J connectivity index is 2.11. The second kappa shape index (κ2) is 11.4. The van der Waals surface area contributed by atoms with E-state index in [1.165, 1.54) is 32.4 Å². The fourth-order valence-electron chi connectivity index (χ4n) is 2.72. The summed E-state index contributed by atoms with van der Waals surface area (Å²) >= 11 is 0. The third-order valence-corrected chi connectivity index (χ3v) is 4.06. The lowest BCUT2D eigenvalue weighted by Crippen LogP contribution is -2.22. The molecule has 31 heavy (non-hydrogen) atoms. The molecule has 0 fully saturated rings. The first-order chi connectivity index (χ1) is 14.9. The van der Waals surface area contributed by atoms with E-state index in [1.807, 2.05) is 13.8 Å². The number of carbonyl (C=O) groups is 3. The largest absolute Gasteiger partial charge is 0.490 e. The fraction of sp³-hybridized carbons (Fsp3) is 0.318. The van der Waals surface area contributed by atoms with E-state index in [9.17, 15) is 14.4 Å². The molecule has 0 bridgehead atoms. The zero-order valence-corrected chi connectivity index (χ0v) is 17.9. The summed E-state index contributed by atoms with van der Waals surface area (Å²) in [5.74, 6) is -0.444. The van der Waals surface area contributed by atoms with Gasteiger partial charge in [-0.25, -0.2) is 9.59 Å². The molecule has 0 aromatic heterocycles. The predicted octanol–water partition coefficient (Wildman–Crippen LogP) is 3.11. The zero-order valence-electron chi connectivity index (χ0n) is 17.9. The van der Waals surface area contributed by atoms with Gasteiger partial charge in [0.15, 0.2) is 11.5 Å².